The molecule has 0 radical (unpaired) electrons. The Morgan fingerprint density at radius 2 is 2.04 bits per heavy atom. The number of aromatic nitrogens is 3. The van der Waals surface area contributed by atoms with Gasteiger partial charge in [-0.2, -0.15) is 0 Å². The van der Waals surface area contributed by atoms with Gasteiger partial charge < -0.3 is 9.30 Å². The first-order valence-electron chi connectivity index (χ1n) is 8.30. The summed E-state index contributed by atoms with van der Waals surface area (Å²) in [6.07, 6.45) is 1.61. The summed E-state index contributed by atoms with van der Waals surface area (Å²) in [6.45, 7) is -0.926. The number of hydrogen-bond acceptors (Lipinski definition) is 5. The van der Waals surface area contributed by atoms with Crippen LogP contribution in [0.4, 0.5) is 9.52 Å². The van der Waals surface area contributed by atoms with Gasteiger partial charge in [-0.05, 0) is 36.4 Å². The minimum Gasteiger partial charge on any atom is -0.463 e. The van der Waals surface area contributed by atoms with Gasteiger partial charge >= 0.3 is 0 Å². The predicted molar refractivity (Wildman–Crippen MR) is 105 cm³/mol. The van der Waals surface area contributed by atoms with E-state index in [-0.39, 0.29) is 11.5 Å². The quantitative estimate of drug-likeness (QED) is 0.559. The van der Waals surface area contributed by atoms with Gasteiger partial charge in [-0.3, -0.25) is 19.5 Å². The van der Waals surface area contributed by atoms with Crippen LogP contribution in [0.25, 0.3) is 16.7 Å². The number of anilines is 1. The number of nitrogens with one attached hydrogen (secondary N) is 1. The summed E-state index contributed by atoms with van der Waals surface area (Å²) < 4.78 is 20.3. The number of hydrogen-bond donors (Lipinski definition) is 1. The van der Waals surface area contributed by atoms with Crippen molar-refractivity contribution >= 4 is 33.4 Å². The smallest absolute Gasteiger partial charge is 0.274 e. The van der Waals surface area contributed by atoms with Crippen molar-refractivity contribution in [3.63, 3.8) is 0 Å². The Labute approximate surface area is 162 Å². The van der Waals surface area contributed by atoms with E-state index in [0.717, 1.165) is 5.39 Å². The normalized spacial score (nSPS) is 10.9. The third-order valence-corrected chi connectivity index (χ3v) is 4.96. The van der Waals surface area contributed by atoms with Crippen LogP contribution in [0.15, 0.2) is 58.8 Å². The van der Waals surface area contributed by atoms with Crippen molar-refractivity contribution in [3.8, 4) is 11.4 Å². The lowest BCUT2D eigenvalue weighted by Crippen LogP contribution is -2.20. The molecular formula is C19H15FN4O3S. The first-order valence-corrected chi connectivity index (χ1v) is 9.18. The van der Waals surface area contributed by atoms with Crippen LogP contribution in [0.3, 0.4) is 0 Å². The van der Waals surface area contributed by atoms with Gasteiger partial charge in [0.15, 0.2) is 5.13 Å². The van der Waals surface area contributed by atoms with Gasteiger partial charge in [0.1, 0.15) is 17.1 Å². The highest BCUT2D eigenvalue weighted by molar-refractivity contribution is 7.13. The van der Waals surface area contributed by atoms with Gasteiger partial charge in [-0.25, -0.2) is 9.37 Å². The standard InChI is InChI=1S/C19H15FN4O3S/c1-23-15(17(26)22-19-21-8-9-28-19)10-12-2-7-16(25)24(18(12)23)13-3-5-14(6-4-13)27-11-20/h2-10H,11H2,1H3,(H,21,22,26). The summed E-state index contributed by atoms with van der Waals surface area (Å²) in [4.78, 5) is 29.3. The van der Waals surface area contributed by atoms with Crippen molar-refractivity contribution in [2.24, 2.45) is 7.05 Å². The SMILES string of the molecule is Cn1c(C(=O)Nc2nccs2)cc2ccc(=O)n(-c3ccc(OCF)cc3)c21. The van der Waals surface area contributed by atoms with Crippen molar-refractivity contribution in [2.45, 2.75) is 0 Å². The van der Waals surface area contributed by atoms with Gasteiger partial charge in [-0.15, -0.1) is 11.3 Å². The van der Waals surface area contributed by atoms with Crippen molar-refractivity contribution in [1.82, 2.24) is 14.1 Å². The molecule has 1 N–H and O–H groups in total. The number of pyridine rings is 1. The molecule has 0 unspecified atom stereocenters. The fourth-order valence-electron chi connectivity index (χ4n) is 3.03. The highest BCUT2D eigenvalue weighted by atomic mass is 32.1. The molecule has 7 nitrogen and oxygen atoms in total. The third-order valence-electron chi connectivity index (χ3n) is 4.27. The number of rotatable bonds is 5. The van der Waals surface area contributed by atoms with Gasteiger partial charge in [0.05, 0.1) is 5.69 Å². The number of nitrogens with zero attached hydrogens (tertiary/aromatic N) is 3. The van der Waals surface area contributed by atoms with Crippen LogP contribution in [0.1, 0.15) is 10.5 Å². The van der Waals surface area contributed by atoms with E-state index < -0.39 is 6.86 Å². The molecule has 0 aliphatic heterocycles. The molecule has 0 saturated carbocycles. The Morgan fingerprint density at radius 3 is 2.71 bits per heavy atom. The van der Waals surface area contributed by atoms with Gasteiger partial charge in [0.2, 0.25) is 6.86 Å². The molecule has 0 bridgehead atoms. The molecule has 0 atom stereocenters. The summed E-state index contributed by atoms with van der Waals surface area (Å²) in [5, 5.41) is 5.74. The van der Waals surface area contributed by atoms with Crippen LogP contribution in [0.5, 0.6) is 5.75 Å². The second-order valence-electron chi connectivity index (χ2n) is 5.91. The Bertz CT molecular complexity index is 1200. The first-order chi connectivity index (χ1) is 13.6. The van der Waals surface area contributed by atoms with E-state index in [4.69, 9.17) is 4.74 Å². The van der Waals surface area contributed by atoms with E-state index in [1.54, 1.807) is 59.6 Å². The van der Waals surface area contributed by atoms with E-state index >= 15 is 0 Å². The van der Waals surface area contributed by atoms with Gasteiger partial charge in [0.25, 0.3) is 11.5 Å². The summed E-state index contributed by atoms with van der Waals surface area (Å²) >= 11 is 1.32. The third kappa shape index (κ3) is 3.16. The summed E-state index contributed by atoms with van der Waals surface area (Å²) in [5.41, 5.74) is 1.28. The second kappa shape index (κ2) is 7.28. The number of benzene rings is 1. The molecule has 28 heavy (non-hydrogen) atoms. The molecule has 0 aliphatic carbocycles. The Hall–Kier alpha value is -3.46. The number of alkyl halides is 1. The van der Waals surface area contributed by atoms with Crippen molar-refractivity contribution in [2.75, 3.05) is 12.2 Å². The van der Waals surface area contributed by atoms with E-state index in [2.05, 4.69) is 10.3 Å². The van der Waals surface area contributed by atoms with Crippen LogP contribution < -0.4 is 15.6 Å². The van der Waals surface area contributed by atoms with Crippen molar-refractivity contribution in [3.05, 3.63) is 70.1 Å². The molecule has 142 valence electrons. The Morgan fingerprint density at radius 1 is 1.25 bits per heavy atom. The van der Waals surface area contributed by atoms with Gasteiger partial charge in [0, 0.05) is 30.1 Å². The Kier molecular flexibility index (Phi) is 4.66. The lowest BCUT2D eigenvalue weighted by Gasteiger charge is -2.11. The lowest BCUT2D eigenvalue weighted by atomic mass is 10.2. The number of carbonyl (C=O) groups excluding carboxylic acids is 1. The number of thiazole rings is 1. The summed E-state index contributed by atoms with van der Waals surface area (Å²) in [5.74, 6) is 0.0428. The van der Waals surface area contributed by atoms with Crippen molar-refractivity contribution < 1.29 is 13.9 Å². The molecule has 1 amide bonds. The highest BCUT2D eigenvalue weighted by Gasteiger charge is 2.18. The zero-order valence-corrected chi connectivity index (χ0v) is 15.6. The van der Waals surface area contributed by atoms with Crippen LogP contribution in [-0.4, -0.2) is 26.9 Å². The maximum atomic E-state index is 12.6. The molecule has 3 aromatic heterocycles. The first kappa shape index (κ1) is 17.9. The highest BCUT2D eigenvalue weighted by Crippen LogP contribution is 2.23. The zero-order valence-electron chi connectivity index (χ0n) is 14.8. The molecule has 0 spiro atoms. The van der Waals surface area contributed by atoms with Crippen molar-refractivity contribution in [1.29, 1.82) is 0 Å². The summed E-state index contributed by atoms with van der Waals surface area (Å²) in [6, 6.07) is 11.3. The number of fused-ring (bicyclic) bond motifs is 1. The van der Waals surface area contributed by atoms with E-state index in [1.165, 1.54) is 22.0 Å². The van der Waals surface area contributed by atoms with E-state index in [1.807, 2.05) is 0 Å². The molecule has 4 rings (SSSR count). The summed E-state index contributed by atoms with van der Waals surface area (Å²) in [7, 11) is 1.72. The van der Waals surface area contributed by atoms with E-state index in [0.29, 0.717) is 27.9 Å². The Balaban J connectivity index is 1.81. The van der Waals surface area contributed by atoms with Crippen LogP contribution >= 0.6 is 11.3 Å². The van der Waals surface area contributed by atoms with Crippen LogP contribution in [0, 0.1) is 0 Å². The molecule has 3 heterocycles. The maximum absolute atomic E-state index is 12.6. The molecule has 0 saturated heterocycles. The number of carbonyl (C=O) groups is 1. The topological polar surface area (TPSA) is 78.2 Å². The molecule has 0 aliphatic rings. The number of halogens is 1. The molecule has 9 heteroatoms. The predicted octanol–water partition coefficient (Wildman–Crippen LogP) is 3.34. The minimum atomic E-state index is -0.926. The average Bonchev–Trinajstić information content (AvgIpc) is 3.31. The average molecular weight is 398 g/mol. The van der Waals surface area contributed by atoms with Crippen LogP contribution in [-0.2, 0) is 7.05 Å². The van der Waals surface area contributed by atoms with Crippen LogP contribution in [0.2, 0.25) is 0 Å². The minimum absolute atomic E-state index is 0.250. The molecule has 4 aromatic rings. The second-order valence-corrected chi connectivity index (χ2v) is 6.81. The fraction of sp³-hybridized carbons (Fsp3) is 0.105. The molecule has 0 fully saturated rings. The molecule has 1 aromatic carbocycles. The fourth-order valence-corrected chi connectivity index (χ4v) is 3.55. The van der Waals surface area contributed by atoms with E-state index in [9.17, 15) is 14.0 Å². The molecular weight excluding hydrogens is 383 g/mol. The monoisotopic (exact) mass is 398 g/mol. The number of aryl methyl sites for hydroxylation is 1. The number of amides is 1. The number of ether oxygens (including phenoxy) is 1. The lowest BCUT2D eigenvalue weighted by molar-refractivity contribution is 0.101. The van der Waals surface area contributed by atoms with Gasteiger partial charge in [-0.1, -0.05) is 0 Å². The maximum Gasteiger partial charge on any atom is 0.274 e. The zero-order chi connectivity index (χ0) is 19.7. The largest absolute Gasteiger partial charge is 0.463 e.